The molecule has 0 saturated heterocycles. The van der Waals surface area contributed by atoms with E-state index in [-0.39, 0.29) is 5.41 Å². The van der Waals surface area contributed by atoms with E-state index in [1.54, 1.807) is 0 Å². The number of rotatable bonds is 5. The normalized spacial score (nSPS) is 22.8. The first-order chi connectivity index (χ1) is 5.59. The maximum Gasteiger partial charge on any atom is 0.0499 e. The lowest BCUT2D eigenvalue weighted by atomic mass is 10.0. The molecule has 1 atom stereocenters. The zero-order chi connectivity index (χ0) is 9.19. The predicted molar refractivity (Wildman–Crippen MR) is 51.1 cm³/mol. The standard InChI is InChI=1S/C10H21NO/c1-8(2)9(3)11-6-10(7-12)4-5-10/h8-9,11-12H,4-7H2,1-3H3. The lowest BCUT2D eigenvalue weighted by molar-refractivity contribution is 0.201. The Morgan fingerprint density at radius 1 is 1.33 bits per heavy atom. The van der Waals surface area contributed by atoms with E-state index in [0.29, 0.717) is 18.6 Å². The van der Waals surface area contributed by atoms with E-state index in [1.807, 2.05) is 0 Å². The SMILES string of the molecule is CC(C)C(C)NCC1(CO)CC1. The molecule has 0 bridgehead atoms. The summed E-state index contributed by atoms with van der Waals surface area (Å²) in [6, 6.07) is 0.564. The van der Waals surface area contributed by atoms with Crippen LogP contribution in [-0.2, 0) is 0 Å². The molecule has 0 aliphatic heterocycles. The van der Waals surface area contributed by atoms with Crippen molar-refractivity contribution in [2.45, 2.75) is 39.7 Å². The van der Waals surface area contributed by atoms with Crippen molar-refractivity contribution in [3.8, 4) is 0 Å². The van der Waals surface area contributed by atoms with Crippen molar-refractivity contribution in [1.82, 2.24) is 5.32 Å². The van der Waals surface area contributed by atoms with Gasteiger partial charge in [-0.1, -0.05) is 13.8 Å². The van der Waals surface area contributed by atoms with Gasteiger partial charge in [0.2, 0.25) is 0 Å². The van der Waals surface area contributed by atoms with Gasteiger partial charge in [-0.05, 0) is 25.7 Å². The predicted octanol–water partition coefficient (Wildman–Crippen LogP) is 1.39. The molecule has 0 aromatic carbocycles. The minimum atomic E-state index is 0.253. The van der Waals surface area contributed by atoms with Crippen molar-refractivity contribution in [3.63, 3.8) is 0 Å². The van der Waals surface area contributed by atoms with Crippen LogP contribution in [0, 0.1) is 11.3 Å². The van der Waals surface area contributed by atoms with Gasteiger partial charge in [0.25, 0.3) is 0 Å². The summed E-state index contributed by atoms with van der Waals surface area (Å²) in [6.07, 6.45) is 2.39. The molecule has 1 saturated carbocycles. The first kappa shape index (κ1) is 10.0. The molecule has 1 aliphatic rings. The monoisotopic (exact) mass is 171 g/mol. The fourth-order valence-electron chi connectivity index (χ4n) is 1.18. The van der Waals surface area contributed by atoms with E-state index in [0.717, 1.165) is 6.54 Å². The van der Waals surface area contributed by atoms with Crippen LogP contribution >= 0.6 is 0 Å². The molecule has 0 spiro atoms. The quantitative estimate of drug-likeness (QED) is 0.655. The van der Waals surface area contributed by atoms with Crippen LogP contribution in [0.4, 0.5) is 0 Å². The summed E-state index contributed by atoms with van der Waals surface area (Å²) in [5.41, 5.74) is 0.253. The molecule has 1 fully saturated rings. The second-order valence-corrected chi connectivity index (χ2v) is 4.57. The van der Waals surface area contributed by atoms with Gasteiger partial charge in [-0.25, -0.2) is 0 Å². The third kappa shape index (κ3) is 2.46. The number of hydrogen-bond acceptors (Lipinski definition) is 2. The molecule has 2 heteroatoms. The van der Waals surface area contributed by atoms with Crippen molar-refractivity contribution < 1.29 is 5.11 Å². The van der Waals surface area contributed by atoms with E-state index in [9.17, 15) is 0 Å². The molecule has 2 nitrogen and oxygen atoms in total. The van der Waals surface area contributed by atoms with Gasteiger partial charge in [-0.3, -0.25) is 0 Å². The van der Waals surface area contributed by atoms with Crippen LogP contribution in [0.2, 0.25) is 0 Å². The highest BCUT2D eigenvalue weighted by Crippen LogP contribution is 2.44. The Hall–Kier alpha value is -0.0800. The number of aliphatic hydroxyl groups is 1. The number of aliphatic hydroxyl groups excluding tert-OH is 1. The molecular weight excluding hydrogens is 150 g/mol. The molecule has 0 aromatic rings. The first-order valence-electron chi connectivity index (χ1n) is 4.94. The Morgan fingerprint density at radius 3 is 2.25 bits per heavy atom. The van der Waals surface area contributed by atoms with Gasteiger partial charge in [-0.15, -0.1) is 0 Å². The van der Waals surface area contributed by atoms with Crippen LogP contribution in [-0.4, -0.2) is 24.3 Å². The van der Waals surface area contributed by atoms with Crippen molar-refractivity contribution >= 4 is 0 Å². The highest BCUT2D eigenvalue weighted by Gasteiger charge is 2.41. The second kappa shape index (κ2) is 3.75. The van der Waals surface area contributed by atoms with Crippen LogP contribution in [0.5, 0.6) is 0 Å². The molecule has 72 valence electrons. The maximum atomic E-state index is 9.07. The third-order valence-electron chi connectivity index (χ3n) is 3.09. The Morgan fingerprint density at radius 2 is 1.92 bits per heavy atom. The van der Waals surface area contributed by atoms with E-state index >= 15 is 0 Å². The average Bonchev–Trinajstić information content (AvgIpc) is 2.81. The van der Waals surface area contributed by atoms with Gasteiger partial charge in [-0.2, -0.15) is 0 Å². The molecule has 0 aromatic heterocycles. The van der Waals surface area contributed by atoms with Crippen molar-refractivity contribution in [1.29, 1.82) is 0 Å². The lowest BCUT2D eigenvalue weighted by Crippen LogP contribution is -2.36. The van der Waals surface area contributed by atoms with Gasteiger partial charge in [0.1, 0.15) is 0 Å². The summed E-state index contributed by atoms with van der Waals surface area (Å²) in [7, 11) is 0. The van der Waals surface area contributed by atoms with Gasteiger partial charge in [0, 0.05) is 24.6 Å². The number of hydrogen-bond donors (Lipinski definition) is 2. The minimum absolute atomic E-state index is 0.253. The Bertz CT molecular complexity index is 141. The minimum Gasteiger partial charge on any atom is -0.396 e. The van der Waals surface area contributed by atoms with Crippen molar-refractivity contribution in [2.24, 2.45) is 11.3 Å². The molecule has 0 radical (unpaired) electrons. The molecule has 0 heterocycles. The van der Waals surface area contributed by atoms with Crippen LogP contribution in [0.15, 0.2) is 0 Å². The van der Waals surface area contributed by atoms with Crippen LogP contribution in [0.1, 0.15) is 33.6 Å². The average molecular weight is 171 g/mol. The smallest absolute Gasteiger partial charge is 0.0499 e. The van der Waals surface area contributed by atoms with Crippen molar-refractivity contribution in [2.75, 3.05) is 13.2 Å². The zero-order valence-electron chi connectivity index (χ0n) is 8.43. The van der Waals surface area contributed by atoms with Gasteiger partial charge in [0.05, 0.1) is 0 Å². The van der Waals surface area contributed by atoms with Gasteiger partial charge < -0.3 is 10.4 Å². The highest BCUT2D eigenvalue weighted by atomic mass is 16.3. The Labute approximate surface area is 75.4 Å². The fraction of sp³-hybridized carbons (Fsp3) is 1.00. The zero-order valence-corrected chi connectivity index (χ0v) is 8.43. The molecule has 1 unspecified atom stereocenters. The number of nitrogens with one attached hydrogen (secondary N) is 1. The fourth-order valence-corrected chi connectivity index (χ4v) is 1.18. The van der Waals surface area contributed by atoms with Gasteiger partial charge >= 0.3 is 0 Å². The summed E-state index contributed by atoms with van der Waals surface area (Å²) in [5, 5.41) is 12.5. The maximum absolute atomic E-state index is 9.07. The molecular formula is C10H21NO. The third-order valence-corrected chi connectivity index (χ3v) is 3.09. The molecule has 1 aliphatic carbocycles. The molecule has 12 heavy (non-hydrogen) atoms. The summed E-state index contributed by atoms with van der Waals surface area (Å²) >= 11 is 0. The summed E-state index contributed by atoms with van der Waals surface area (Å²) < 4.78 is 0. The topological polar surface area (TPSA) is 32.3 Å². The summed E-state index contributed by atoms with van der Waals surface area (Å²) in [5.74, 6) is 0.680. The molecule has 2 N–H and O–H groups in total. The van der Waals surface area contributed by atoms with Crippen molar-refractivity contribution in [3.05, 3.63) is 0 Å². The Balaban J connectivity index is 2.17. The second-order valence-electron chi connectivity index (χ2n) is 4.57. The highest BCUT2D eigenvalue weighted by molar-refractivity contribution is 4.94. The van der Waals surface area contributed by atoms with E-state index in [4.69, 9.17) is 5.11 Å². The first-order valence-corrected chi connectivity index (χ1v) is 4.94. The van der Waals surface area contributed by atoms with E-state index in [1.165, 1.54) is 12.8 Å². The van der Waals surface area contributed by atoms with E-state index in [2.05, 4.69) is 26.1 Å². The lowest BCUT2D eigenvalue weighted by Gasteiger charge is -2.20. The van der Waals surface area contributed by atoms with E-state index < -0.39 is 0 Å². The molecule has 1 rings (SSSR count). The van der Waals surface area contributed by atoms with Crippen LogP contribution in [0.25, 0.3) is 0 Å². The summed E-state index contributed by atoms with van der Waals surface area (Å²) in [6.45, 7) is 7.98. The van der Waals surface area contributed by atoms with Crippen LogP contribution < -0.4 is 5.32 Å². The van der Waals surface area contributed by atoms with Gasteiger partial charge in [0.15, 0.2) is 0 Å². The largest absolute Gasteiger partial charge is 0.396 e. The Kier molecular flexibility index (Phi) is 3.13. The molecule has 0 amide bonds. The summed E-state index contributed by atoms with van der Waals surface area (Å²) in [4.78, 5) is 0. The van der Waals surface area contributed by atoms with Crippen LogP contribution in [0.3, 0.4) is 0 Å².